The molecule has 10 heteroatoms. The summed E-state index contributed by atoms with van der Waals surface area (Å²) in [6.45, 7) is 0. The van der Waals surface area contributed by atoms with Gasteiger partial charge in [0.15, 0.2) is 0 Å². The average molecular weight is 442 g/mol. The molecule has 3 aromatic rings. The minimum Gasteiger partial charge on any atom is -0.481 e. The lowest BCUT2D eigenvalue weighted by Gasteiger charge is -2.15. The third kappa shape index (κ3) is 6.13. The van der Waals surface area contributed by atoms with Crippen LogP contribution in [-0.4, -0.2) is 53.7 Å². The maximum absolute atomic E-state index is 13.5. The number of allylic oxidation sites excluding steroid dienone is 2. The highest BCUT2D eigenvalue weighted by Crippen LogP contribution is 2.30. The van der Waals surface area contributed by atoms with Crippen molar-refractivity contribution in [3.8, 4) is 0 Å². The van der Waals surface area contributed by atoms with E-state index in [2.05, 4.69) is 15.5 Å². The van der Waals surface area contributed by atoms with Crippen molar-refractivity contribution in [2.45, 2.75) is 25.0 Å². The fourth-order valence-electron chi connectivity index (χ4n) is 3.09. The smallest absolute Gasteiger partial charge is 0.305 e. The number of carboxylic acids is 1. The molecule has 1 unspecified atom stereocenters. The van der Waals surface area contributed by atoms with Crippen LogP contribution in [0.1, 0.15) is 24.0 Å². The highest BCUT2D eigenvalue weighted by Gasteiger charge is 2.16. The van der Waals surface area contributed by atoms with Gasteiger partial charge in [-0.05, 0) is 51.9 Å². The summed E-state index contributed by atoms with van der Waals surface area (Å²) in [5.41, 5.74) is 2.05. The first-order chi connectivity index (χ1) is 15.3. The van der Waals surface area contributed by atoms with Crippen molar-refractivity contribution in [3.05, 3.63) is 89.8 Å². The predicted molar refractivity (Wildman–Crippen MR) is 111 cm³/mol. The molecule has 0 bridgehead atoms. The fraction of sp³-hybridized carbons (Fsp3) is 0.182. The number of hydrogen-bond donors (Lipinski definition) is 3. The molecule has 3 rings (SSSR count). The summed E-state index contributed by atoms with van der Waals surface area (Å²) in [5.74, 6) is -2.05. The van der Waals surface area contributed by atoms with E-state index in [0.29, 0.717) is 22.4 Å². The molecule has 0 saturated heterocycles. The second-order valence-corrected chi connectivity index (χ2v) is 6.94. The number of tetrazole rings is 1. The van der Waals surface area contributed by atoms with Crippen molar-refractivity contribution >= 4 is 17.2 Å². The van der Waals surface area contributed by atoms with E-state index in [1.54, 1.807) is 24.3 Å². The summed E-state index contributed by atoms with van der Waals surface area (Å²) in [4.78, 5) is 10.7. The number of aromatic nitrogens is 4. The zero-order valence-electron chi connectivity index (χ0n) is 16.7. The third-order valence-electron chi connectivity index (χ3n) is 4.52. The van der Waals surface area contributed by atoms with Gasteiger partial charge in [0.05, 0.1) is 24.3 Å². The lowest BCUT2D eigenvalue weighted by atomic mass is 9.95. The normalized spacial score (nSPS) is 13.1. The van der Waals surface area contributed by atoms with Gasteiger partial charge in [0, 0.05) is 12.0 Å². The molecule has 0 radical (unpaired) electrons. The monoisotopic (exact) mass is 442 g/mol. The van der Waals surface area contributed by atoms with Crippen molar-refractivity contribution in [1.82, 2.24) is 20.2 Å². The largest absolute Gasteiger partial charge is 0.481 e. The Labute approximate surface area is 181 Å². The number of benzene rings is 2. The van der Waals surface area contributed by atoms with Crippen LogP contribution in [0.5, 0.6) is 0 Å². The molecule has 3 N–H and O–H groups in total. The molecule has 0 saturated carbocycles. The van der Waals surface area contributed by atoms with E-state index in [0.717, 1.165) is 0 Å². The van der Waals surface area contributed by atoms with Gasteiger partial charge in [-0.3, -0.25) is 4.79 Å². The molecule has 32 heavy (non-hydrogen) atoms. The number of aliphatic hydroxyl groups excluding tert-OH is 2. The Kier molecular flexibility index (Phi) is 7.53. The second-order valence-electron chi connectivity index (χ2n) is 6.94. The van der Waals surface area contributed by atoms with Crippen molar-refractivity contribution in [3.63, 3.8) is 0 Å². The van der Waals surface area contributed by atoms with Crippen LogP contribution in [-0.2, 0) is 4.79 Å². The van der Waals surface area contributed by atoms with E-state index in [4.69, 9.17) is 5.11 Å². The van der Waals surface area contributed by atoms with Crippen LogP contribution >= 0.6 is 0 Å². The number of aliphatic carboxylic acids is 1. The number of nitrogens with zero attached hydrogens (tertiary/aromatic N) is 4. The fourth-order valence-corrected chi connectivity index (χ4v) is 3.09. The van der Waals surface area contributed by atoms with Crippen molar-refractivity contribution in [1.29, 1.82) is 0 Å². The molecular formula is C22H20F2N4O4. The van der Waals surface area contributed by atoms with Crippen molar-refractivity contribution in [2.75, 3.05) is 0 Å². The summed E-state index contributed by atoms with van der Waals surface area (Å²) < 4.78 is 28.4. The second kappa shape index (κ2) is 10.5. The number of aliphatic hydroxyl groups is 2. The Morgan fingerprint density at radius 1 is 1.00 bits per heavy atom. The Hall–Kier alpha value is -3.76. The molecule has 0 aliphatic carbocycles. The Morgan fingerprint density at radius 2 is 1.56 bits per heavy atom. The lowest BCUT2D eigenvalue weighted by molar-refractivity contribution is -0.139. The van der Waals surface area contributed by atoms with E-state index < -0.39 is 36.2 Å². The highest BCUT2D eigenvalue weighted by atomic mass is 19.1. The number of halogens is 2. The van der Waals surface area contributed by atoms with E-state index >= 15 is 0 Å². The summed E-state index contributed by atoms with van der Waals surface area (Å²) in [6, 6.07) is 11.3. The lowest BCUT2D eigenvalue weighted by Crippen LogP contribution is -2.19. The zero-order chi connectivity index (χ0) is 23.1. The van der Waals surface area contributed by atoms with Crippen LogP contribution in [0.4, 0.5) is 8.78 Å². The topological polar surface area (TPSA) is 121 Å². The molecule has 0 fully saturated rings. The van der Waals surface area contributed by atoms with Gasteiger partial charge in [-0.15, -0.1) is 5.10 Å². The van der Waals surface area contributed by atoms with Gasteiger partial charge in [0.25, 0.3) is 0 Å². The van der Waals surface area contributed by atoms with Gasteiger partial charge in [0.2, 0.25) is 0 Å². The van der Waals surface area contributed by atoms with E-state index in [9.17, 15) is 23.8 Å². The minimum absolute atomic E-state index is 0.200. The van der Waals surface area contributed by atoms with Crippen LogP contribution in [0.15, 0.2) is 67.0 Å². The number of hydrogen-bond acceptors (Lipinski definition) is 6. The highest BCUT2D eigenvalue weighted by molar-refractivity contribution is 5.96. The Morgan fingerprint density at radius 3 is 2.03 bits per heavy atom. The Bertz CT molecular complexity index is 1050. The van der Waals surface area contributed by atoms with Gasteiger partial charge in [0.1, 0.15) is 18.0 Å². The number of carboxylic acid groups (broad SMARTS) is 1. The van der Waals surface area contributed by atoms with Crippen LogP contribution in [0.3, 0.4) is 0 Å². The molecule has 166 valence electrons. The molecule has 1 aromatic heterocycles. The molecule has 0 spiro atoms. The van der Waals surface area contributed by atoms with Crippen molar-refractivity contribution < 1.29 is 28.9 Å². The Balaban J connectivity index is 2.08. The quantitative estimate of drug-likeness (QED) is 0.435. The maximum Gasteiger partial charge on any atom is 0.305 e. The standard InChI is InChI=1S/C22H20F2N4O4/c23-16-5-1-14(2-6-16)22(15-3-7-17(24)8-4-15)20(28-13-25-26-27-28)10-9-18(29)11-19(30)12-21(31)32/h1-10,13,18-19,29-30H,11-12H2,(H,31,32)/t18-,19?/m1/s1. The molecule has 0 amide bonds. The van der Waals surface area contributed by atoms with Crippen LogP contribution in [0.25, 0.3) is 11.3 Å². The zero-order valence-corrected chi connectivity index (χ0v) is 16.7. The first-order valence-electron chi connectivity index (χ1n) is 9.59. The average Bonchev–Trinajstić information content (AvgIpc) is 3.27. The van der Waals surface area contributed by atoms with Gasteiger partial charge >= 0.3 is 5.97 Å². The van der Waals surface area contributed by atoms with Crippen LogP contribution in [0.2, 0.25) is 0 Å². The predicted octanol–water partition coefficient (Wildman–Crippen LogP) is 2.51. The molecule has 2 aromatic carbocycles. The maximum atomic E-state index is 13.5. The van der Waals surface area contributed by atoms with Gasteiger partial charge < -0.3 is 15.3 Å². The van der Waals surface area contributed by atoms with Crippen LogP contribution in [0, 0.1) is 11.6 Å². The number of rotatable bonds is 9. The SMILES string of the molecule is O=C(O)CC(O)C[C@H](O)C=CC(=C(c1ccc(F)cc1)c1ccc(F)cc1)n1cnnn1. The summed E-state index contributed by atoms with van der Waals surface area (Å²) >= 11 is 0. The third-order valence-corrected chi connectivity index (χ3v) is 4.52. The van der Waals surface area contributed by atoms with Gasteiger partial charge in [-0.2, -0.15) is 4.68 Å². The van der Waals surface area contributed by atoms with Gasteiger partial charge in [-0.1, -0.05) is 30.3 Å². The molecule has 1 heterocycles. The summed E-state index contributed by atoms with van der Waals surface area (Å²) in [5, 5.41) is 39.9. The molecular weight excluding hydrogens is 422 g/mol. The molecule has 8 nitrogen and oxygen atoms in total. The first kappa shape index (κ1) is 22.9. The molecule has 2 atom stereocenters. The first-order valence-corrected chi connectivity index (χ1v) is 9.59. The minimum atomic E-state index is -1.23. The van der Waals surface area contributed by atoms with E-state index in [1.165, 1.54) is 47.4 Å². The van der Waals surface area contributed by atoms with E-state index in [1.807, 2.05) is 0 Å². The van der Waals surface area contributed by atoms with Crippen LogP contribution < -0.4 is 0 Å². The molecule has 0 aliphatic heterocycles. The van der Waals surface area contributed by atoms with E-state index in [-0.39, 0.29) is 6.42 Å². The number of carbonyl (C=O) groups is 1. The summed E-state index contributed by atoms with van der Waals surface area (Å²) in [7, 11) is 0. The van der Waals surface area contributed by atoms with Gasteiger partial charge in [-0.25, -0.2) is 8.78 Å². The van der Waals surface area contributed by atoms with Crippen molar-refractivity contribution in [2.24, 2.45) is 0 Å². The molecule has 0 aliphatic rings. The summed E-state index contributed by atoms with van der Waals surface area (Å²) in [6.07, 6.45) is 1.06.